The highest BCUT2D eigenvalue weighted by molar-refractivity contribution is 6.14. The molecule has 1 unspecified atom stereocenters. The van der Waals surface area contributed by atoms with Crippen molar-refractivity contribution in [2.45, 2.75) is 6.17 Å². The molecule has 1 aliphatic rings. The lowest BCUT2D eigenvalue weighted by atomic mass is 9.99. The van der Waals surface area contributed by atoms with Gasteiger partial charge in [-0.25, -0.2) is 24.9 Å². The van der Waals surface area contributed by atoms with Gasteiger partial charge in [0, 0.05) is 44.2 Å². The lowest BCUT2D eigenvalue weighted by Crippen LogP contribution is -2.33. The van der Waals surface area contributed by atoms with Crippen LogP contribution in [-0.4, -0.2) is 26.6 Å². The molecular weight excluding hydrogens is 677 g/mol. The summed E-state index contributed by atoms with van der Waals surface area (Å²) in [4.78, 5) is 25.6. The topological polar surface area (TPSA) is 88.6 Å². The number of amidine groups is 2. The van der Waals surface area contributed by atoms with E-state index in [1.807, 2.05) is 133 Å². The molecule has 3 heterocycles. The Hall–Kier alpha value is -7.51. The van der Waals surface area contributed by atoms with Crippen LogP contribution in [0.4, 0.5) is 0 Å². The third kappa shape index (κ3) is 6.23. The van der Waals surface area contributed by atoms with Gasteiger partial charge >= 0.3 is 0 Å². The van der Waals surface area contributed by atoms with E-state index in [4.69, 9.17) is 29.4 Å². The molecule has 0 aliphatic carbocycles. The molecule has 1 N–H and O–H groups in total. The van der Waals surface area contributed by atoms with E-state index in [2.05, 4.69) is 53.8 Å². The Morgan fingerprint density at radius 2 is 0.964 bits per heavy atom. The highest BCUT2D eigenvalue weighted by Gasteiger charge is 2.26. The van der Waals surface area contributed by atoms with Crippen LogP contribution in [0.1, 0.15) is 22.9 Å². The van der Waals surface area contributed by atoms with Crippen LogP contribution >= 0.6 is 0 Å². The lowest BCUT2D eigenvalue weighted by Gasteiger charge is -2.24. The molecule has 1 aliphatic heterocycles. The Balaban J connectivity index is 1.18. The molecular formula is C48H32N6O. The fourth-order valence-corrected chi connectivity index (χ4v) is 7.12. The van der Waals surface area contributed by atoms with Gasteiger partial charge in [0.1, 0.15) is 23.2 Å². The molecule has 260 valence electrons. The van der Waals surface area contributed by atoms with Gasteiger partial charge in [0.05, 0.1) is 0 Å². The highest BCUT2D eigenvalue weighted by atomic mass is 16.3. The van der Waals surface area contributed by atoms with Gasteiger partial charge < -0.3 is 9.73 Å². The number of hydrogen-bond donors (Lipinski definition) is 1. The van der Waals surface area contributed by atoms with Crippen LogP contribution in [0.2, 0.25) is 0 Å². The van der Waals surface area contributed by atoms with Gasteiger partial charge in [-0.1, -0.05) is 158 Å². The summed E-state index contributed by atoms with van der Waals surface area (Å²) < 4.78 is 6.59. The fourth-order valence-electron chi connectivity index (χ4n) is 7.12. The van der Waals surface area contributed by atoms with E-state index in [9.17, 15) is 0 Å². The molecule has 55 heavy (non-hydrogen) atoms. The Morgan fingerprint density at radius 3 is 1.67 bits per heavy atom. The average molecular weight is 709 g/mol. The zero-order valence-corrected chi connectivity index (χ0v) is 29.5. The fraction of sp³-hybridized carbons (Fsp3) is 0.0208. The molecule has 0 saturated carbocycles. The van der Waals surface area contributed by atoms with Crippen LogP contribution in [0.15, 0.2) is 196 Å². The number of para-hydroxylation sites is 1. The van der Waals surface area contributed by atoms with E-state index in [1.54, 1.807) is 0 Å². The van der Waals surface area contributed by atoms with Gasteiger partial charge in [-0.05, 0) is 35.4 Å². The molecule has 7 nitrogen and oxygen atoms in total. The van der Waals surface area contributed by atoms with E-state index >= 15 is 0 Å². The maximum atomic E-state index is 6.59. The Labute approximate surface area is 317 Å². The lowest BCUT2D eigenvalue weighted by molar-refractivity contribution is 0.662. The number of aliphatic imine (C=N–C) groups is 2. The van der Waals surface area contributed by atoms with Crippen molar-refractivity contribution in [3.8, 4) is 45.3 Å². The zero-order valence-electron chi connectivity index (χ0n) is 29.5. The molecule has 0 saturated heterocycles. The summed E-state index contributed by atoms with van der Waals surface area (Å²) in [5, 5.41) is 5.64. The van der Waals surface area contributed by atoms with Crippen molar-refractivity contribution in [1.29, 1.82) is 0 Å². The number of benzene rings is 7. The maximum Gasteiger partial charge on any atom is 0.164 e. The Bertz CT molecular complexity index is 2890. The first kappa shape index (κ1) is 32.2. The average Bonchev–Trinajstić information content (AvgIpc) is 3.66. The number of fused-ring (bicyclic) bond motifs is 3. The summed E-state index contributed by atoms with van der Waals surface area (Å²) in [6.45, 7) is 0. The summed E-state index contributed by atoms with van der Waals surface area (Å²) in [5.41, 5.74) is 9.08. The third-order valence-electron chi connectivity index (χ3n) is 9.78. The summed E-state index contributed by atoms with van der Waals surface area (Å²) in [5.74, 6) is 3.05. The molecule has 2 aromatic heterocycles. The molecule has 0 bridgehead atoms. The normalized spacial score (nSPS) is 14.0. The van der Waals surface area contributed by atoms with E-state index in [-0.39, 0.29) is 0 Å². The summed E-state index contributed by atoms with van der Waals surface area (Å²) in [6, 6.07) is 61.2. The minimum atomic E-state index is -0.510. The first-order chi connectivity index (χ1) is 27.2. The van der Waals surface area contributed by atoms with Crippen molar-refractivity contribution in [3.63, 3.8) is 0 Å². The number of nitrogens with zero attached hydrogens (tertiary/aromatic N) is 5. The molecule has 1 atom stereocenters. The maximum absolute atomic E-state index is 6.59. The number of hydrogen-bond acceptors (Lipinski definition) is 7. The second kappa shape index (κ2) is 13.8. The minimum absolute atomic E-state index is 0.510. The van der Waals surface area contributed by atoms with Crippen LogP contribution in [-0.2, 0) is 0 Å². The predicted molar refractivity (Wildman–Crippen MR) is 221 cm³/mol. The van der Waals surface area contributed by atoms with Gasteiger partial charge in [0.15, 0.2) is 23.3 Å². The van der Waals surface area contributed by atoms with Crippen molar-refractivity contribution in [1.82, 2.24) is 20.3 Å². The molecule has 0 fully saturated rings. The van der Waals surface area contributed by atoms with Crippen molar-refractivity contribution in [3.05, 3.63) is 199 Å². The van der Waals surface area contributed by atoms with Crippen molar-refractivity contribution in [2.75, 3.05) is 0 Å². The smallest absolute Gasteiger partial charge is 0.164 e. The van der Waals surface area contributed by atoms with Crippen molar-refractivity contribution < 1.29 is 4.42 Å². The van der Waals surface area contributed by atoms with E-state index in [0.29, 0.717) is 28.9 Å². The van der Waals surface area contributed by atoms with Crippen LogP contribution in [0, 0.1) is 0 Å². The molecule has 0 amide bonds. The largest absolute Gasteiger partial charge is 0.456 e. The van der Waals surface area contributed by atoms with E-state index in [1.165, 1.54) is 0 Å². The van der Waals surface area contributed by atoms with Gasteiger partial charge in [-0.15, -0.1) is 0 Å². The Kier molecular flexibility index (Phi) is 8.07. The van der Waals surface area contributed by atoms with E-state index in [0.717, 1.165) is 66.7 Å². The van der Waals surface area contributed by atoms with Crippen molar-refractivity contribution in [2.24, 2.45) is 9.98 Å². The SMILES string of the molecule is c1ccc(C2=NC(c3cc(-c4nc(-c5ccccc5)nc(-c5cccc(-c6ccccc6)c5)n4)cc4oc5ccccc5c34)NC(c3ccccc3)=N2)cc1. The molecule has 7 aromatic carbocycles. The van der Waals surface area contributed by atoms with E-state index < -0.39 is 6.17 Å². The van der Waals surface area contributed by atoms with Crippen LogP contribution < -0.4 is 5.32 Å². The van der Waals surface area contributed by atoms with Gasteiger partial charge in [-0.2, -0.15) is 0 Å². The third-order valence-corrected chi connectivity index (χ3v) is 9.78. The Morgan fingerprint density at radius 1 is 0.418 bits per heavy atom. The quantitative estimate of drug-likeness (QED) is 0.178. The number of furan rings is 1. The molecule has 0 spiro atoms. The zero-order chi connectivity index (χ0) is 36.6. The predicted octanol–water partition coefficient (Wildman–Crippen LogP) is 10.9. The first-order valence-electron chi connectivity index (χ1n) is 18.2. The minimum Gasteiger partial charge on any atom is -0.456 e. The number of aromatic nitrogens is 3. The number of rotatable bonds is 7. The second-order valence-electron chi connectivity index (χ2n) is 13.3. The van der Waals surface area contributed by atoms with Crippen molar-refractivity contribution >= 4 is 33.6 Å². The first-order valence-corrected chi connectivity index (χ1v) is 18.2. The molecule has 0 radical (unpaired) electrons. The molecule has 9 aromatic rings. The highest BCUT2D eigenvalue weighted by Crippen LogP contribution is 2.39. The van der Waals surface area contributed by atoms with Crippen LogP contribution in [0.5, 0.6) is 0 Å². The molecule has 7 heteroatoms. The van der Waals surface area contributed by atoms with Crippen LogP contribution in [0.3, 0.4) is 0 Å². The van der Waals surface area contributed by atoms with Gasteiger partial charge in [0.25, 0.3) is 0 Å². The summed E-state index contributed by atoms with van der Waals surface area (Å²) >= 11 is 0. The monoisotopic (exact) mass is 708 g/mol. The van der Waals surface area contributed by atoms with Crippen LogP contribution in [0.25, 0.3) is 67.2 Å². The number of nitrogens with one attached hydrogen (secondary N) is 1. The second-order valence-corrected chi connectivity index (χ2v) is 13.3. The van der Waals surface area contributed by atoms with Gasteiger partial charge in [0.2, 0.25) is 0 Å². The standard InChI is InChI=1S/C48H32N6O/c1-5-16-31(17-6-1)35-24-15-25-36(28-35)46-50-43(32-18-7-2-8-19-32)51-47(52-46)37-29-39(42-38-26-13-14-27-40(38)55-41(42)30-37)48-53-44(33-20-9-3-10-21-33)49-45(54-48)34-22-11-4-12-23-34/h1-30,48H,(H,49,53,54). The summed E-state index contributed by atoms with van der Waals surface area (Å²) in [6.07, 6.45) is -0.510. The molecule has 10 rings (SSSR count). The van der Waals surface area contributed by atoms with Gasteiger partial charge in [-0.3, -0.25) is 0 Å². The summed E-state index contributed by atoms with van der Waals surface area (Å²) in [7, 11) is 0.